The van der Waals surface area contributed by atoms with Crippen molar-refractivity contribution in [3.05, 3.63) is 24.3 Å². The zero-order chi connectivity index (χ0) is 11.7. The van der Waals surface area contributed by atoms with Crippen LogP contribution < -0.4 is 5.32 Å². The van der Waals surface area contributed by atoms with Crippen molar-refractivity contribution < 1.29 is 0 Å². The lowest BCUT2D eigenvalue weighted by Crippen LogP contribution is -2.11. The standard InChI is InChI=1S/C14H18N2S/c1-10-6-7-11(8-10)9-15-14-16-12-4-2-3-5-13(12)17-14/h2-5,10-11H,6-9H2,1H3,(H,15,16). The van der Waals surface area contributed by atoms with E-state index in [0.29, 0.717) is 0 Å². The van der Waals surface area contributed by atoms with Gasteiger partial charge in [-0.15, -0.1) is 0 Å². The van der Waals surface area contributed by atoms with Crippen molar-refractivity contribution in [3.63, 3.8) is 0 Å². The van der Waals surface area contributed by atoms with Crippen molar-refractivity contribution in [2.45, 2.75) is 26.2 Å². The molecule has 0 bridgehead atoms. The number of hydrogen-bond acceptors (Lipinski definition) is 3. The highest BCUT2D eigenvalue weighted by molar-refractivity contribution is 7.22. The first-order valence-electron chi connectivity index (χ1n) is 6.40. The summed E-state index contributed by atoms with van der Waals surface area (Å²) < 4.78 is 1.27. The van der Waals surface area contributed by atoms with Gasteiger partial charge in [0.05, 0.1) is 10.2 Å². The number of para-hydroxylation sites is 1. The smallest absolute Gasteiger partial charge is 0.183 e. The topological polar surface area (TPSA) is 24.9 Å². The molecule has 17 heavy (non-hydrogen) atoms. The van der Waals surface area contributed by atoms with Crippen molar-refractivity contribution >= 4 is 26.7 Å². The molecule has 1 aromatic carbocycles. The lowest BCUT2D eigenvalue weighted by atomic mass is 10.1. The number of anilines is 1. The normalized spacial score (nSPS) is 24.3. The molecule has 90 valence electrons. The second-order valence-electron chi connectivity index (χ2n) is 5.15. The molecular formula is C14H18N2S. The molecule has 1 fully saturated rings. The molecule has 0 saturated heterocycles. The lowest BCUT2D eigenvalue weighted by Gasteiger charge is -2.09. The third-order valence-electron chi connectivity index (χ3n) is 3.64. The highest BCUT2D eigenvalue weighted by Gasteiger charge is 2.21. The minimum atomic E-state index is 0.844. The molecule has 0 aliphatic heterocycles. The van der Waals surface area contributed by atoms with Crippen LogP contribution in [0.25, 0.3) is 10.2 Å². The monoisotopic (exact) mass is 246 g/mol. The van der Waals surface area contributed by atoms with Gasteiger partial charge >= 0.3 is 0 Å². The Morgan fingerprint density at radius 3 is 3.00 bits per heavy atom. The van der Waals surface area contributed by atoms with E-state index in [2.05, 4.69) is 35.4 Å². The fraction of sp³-hybridized carbons (Fsp3) is 0.500. The summed E-state index contributed by atoms with van der Waals surface area (Å²) in [5, 5.41) is 4.58. The number of nitrogens with zero attached hydrogens (tertiary/aromatic N) is 1. The van der Waals surface area contributed by atoms with E-state index in [1.54, 1.807) is 11.3 Å². The first-order valence-corrected chi connectivity index (χ1v) is 7.22. The third kappa shape index (κ3) is 2.44. The maximum atomic E-state index is 4.60. The first kappa shape index (κ1) is 11.0. The highest BCUT2D eigenvalue weighted by atomic mass is 32.1. The first-order chi connectivity index (χ1) is 8.31. The van der Waals surface area contributed by atoms with Crippen molar-refractivity contribution in [2.24, 2.45) is 11.8 Å². The molecular weight excluding hydrogens is 228 g/mol. The van der Waals surface area contributed by atoms with Gasteiger partial charge in [-0.25, -0.2) is 4.98 Å². The van der Waals surface area contributed by atoms with Crippen LogP contribution in [0.1, 0.15) is 26.2 Å². The molecule has 3 heteroatoms. The van der Waals surface area contributed by atoms with Gasteiger partial charge in [0.1, 0.15) is 0 Å². The summed E-state index contributed by atoms with van der Waals surface area (Å²) in [6, 6.07) is 8.33. The van der Waals surface area contributed by atoms with Crippen molar-refractivity contribution in [2.75, 3.05) is 11.9 Å². The van der Waals surface area contributed by atoms with Crippen LogP contribution in [-0.2, 0) is 0 Å². The van der Waals surface area contributed by atoms with Crippen LogP contribution in [0.4, 0.5) is 5.13 Å². The van der Waals surface area contributed by atoms with Crippen LogP contribution in [0.15, 0.2) is 24.3 Å². The largest absolute Gasteiger partial charge is 0.361 e. The predicted molar refractivity (Wildman–Crippen MR) is 74.6 cm³/mol. The maximum Gasteiger partial charge on any atom is 0.183 e. The average molecular weight is 246 g/mol. The Balaban J connectivity index is 1.65. The second-order valence-corrected chi connectivity index (χ2v) is 6.18. The van der Waals surface area contributed by atoms with Crippen LogP contribution in [0.3, 0.4) is 0 Å². The Kier molecular flexibility index (Phi) is 3.02. The van der Waals surface area contributed by atoms with Gasteiger partial charge in [-0.2, -0.15) is 0 Å². The van der Waals surface area contributed by atoms with E-state index in [1.807, 2.05) is 6.07 Å². The number of fused-ring (bicyclic) bond motifs is 1. The SMILES string of the molecule is CC1CCC(CNc2nc3ccccc3s2)C1. The number of benzene rings is 1. The number of nitrogens with one attached hydrogen (secondary N) is 1. The van der Waals surface area contributed by atoms with Gasteiger partial charge in [-0.1, -0.05) is 36.8 Å². The minimum Gasteiger partial charge on any atom is -0.361 e. The number of hydrogen-bond donors (Lipinski definition) is 1. The second kappa shape index (κ2) is 4.65. The van der Waals surface area contributed by atoms with Crippen LogP contribution in [0, 0.1) is 11.8 Å². The van der Waals surface area contributed by atoms with E-state index in [4.69, 9.17) is 0 Å². The lowest BCUT2D eigenvalue weighted by molar-refractivity contribution is 0.537. The maximum absolute atomic E-state index is 4.60. The summed E-state index contributed by atoms with van der Waals surface area (Å²) in [6.45, 7) is 3.45. The fourth-order valence-corrected chi connectivity index (χ4v) is 3.56. The predicted octanol–water partition coefficient (Wildman–Crippen LogP) is 4.14. The average Bonchev–Trinajstić information content (AvgIpc) is 2.91. The highest BCUT2D eigenvalue weighted by Crippen LogP contribution is 2.31. The quantitative estimate of drug-likeness (QED) is 0.880. The van der Waals surface area contributed by atoms with Crippen molar-refractivity contribution in [1.82, 2.24) is 4.98 Å². The van der Waals surface area contributed by atoms with Gasteiger partial charge in [0.15, 0.2) is 5.13 Å². The Labute approximate surface area is 106 Å². The van der Waals surface area contributed by atoms with E-state index in [-0.39, 0.29) is 0 Å². The summed E-state index contributed by atoms with van der Waals surface area (Å²) in [4.78, 5) is 4.60. The van der Waals surface area contributed by atoms with Crippen molar-refractivity contribution in [1.29, 1.82) is 0 Å². The molecule has 0 amide bonds. The molecule has 1 N–H and O–H groups in total. The molecule has 0 spiro atoms. The van der Waals surface area contributed by atoms with Crippen LogP contribution >= 0.6 is 11.3 Å². The Morgan fingerprint density at radius 2 is 2.24 bits per heavy atom. The molecule has 1 saturated carbocycles. The molecule has 2 aromatic rings. The van der Waals surface area contributed by atoms with Crippen LogP contribution in [0.2, 0.25) is 0 Å². The summed E-state index contributed by atoms with van der Waals surface area (Å²) in [5.41, 5.74) is 1.11. The third-order valence-corrected chi connectivity index (χ3v) is 4.63. The van der Waals surface area contributed by atoms with E-state index in [0.717, 1.165) is 29.0 Å². The molecule has 1 heterocycles. The summed E-state index contributed by atoms with van der Waals surface area (Å²) in [5.74, 6) is 1.76. The summed E-state index contributed by atoms with van der Waals surface area (Å²) in [6.07, 6.45) is 4.14. The summed E-state index contributed by atoms with van der Waals surface area (Å²) >= 11 is 1.76. The van der Waals surface area contributed by atoms with Crippen LogP contribution in [0.5, 0.6) is 0 Å². The molecule has 2 atom stereocenters. The Morgan fingerprint density at radius 1 is 1.35 bits per heavy atom. The van der Waals surface area contributed by atoms with Gasteiger partial charge in [0, 0.05) is 6.54 Å². The van der Waals surface area contributed by atoms with Crippen molar-refractivity contribution in [3.8, 4) is 0 Å². The molecule has 1 aromatic heterocycles. The van der Waals surface area contributed by atoms with Gasteiger partial charge in [-0.3, -0.25) is 0 Å². The van der Waals surface area contributed by atoms with E-state index >= 15 is 0 Å². The zero-order valence-corrected chi connectivity index (χ0v) is 11.0. The zero-order valence-electron chi connectivity index (χ0n) is 10.1. The minimum absolute atomic E-state index is 0.844. The van der Waals surface area contributed by atoms with Gasteiger partial charge in [0.2, 0.25) is 0 Å². The molecule has 3 rings (SSSR count). The van der Waals surface area contributed by atoms with Gasteiger partial charge in [-0.05, 0) is 36.8 Å². The van der Waals surface area contributed by atoms with Gasteiger partial charge in [0.25, 0.3) is 0 Å². The molecule has 2 nitrogen and oxygen atoms in total. The Hall–Kier alpha value is -1.09. The van der Waals surface area contributed by atoms with Gasteiger partial charge < -0.3 is 5.32 Å². The van der Waals surface area contributed by atoms with E-state index in [1.165, 1.54) is 24.0 Å². The molecule has 2 unspecified atom stereocenters. The molecule has 1 aliphatic carbocycles. The summed E-state index contributed by atoms with van der Waals surface area (Å²) in [7, 11) is 0. The van der Waals surface area contributed by atoms with E-state index < -0.39 is 0 Å². The van der Waals surface area contributed by atoms with E-state index in [9.17, 15) is 0 Å². The Bertz CT molecular complexity index is 473. The van der Waals surface area contributed by atoms with Crippen LogP contribution in [-0.4, -0.2) is 11.5 Å². The number of rotatable bonds is 3. The molecule has 0 radical (unpaired) electrons. The fourth-order valence-electron chi connectivity index (χ4n) is 2.69. The molecule has 1 aliphatic rings. The number of aromatic nitrogens is 1. The number of thiazole rings is 1.